The Morgan fingerprint density at radius 3 is 2.76 bits per heavy atom. The van der Waals surface area contributed by atoms with Gasteiger partial charge in [0, 0.05) is 38.6 Å². The summed E-state index contributed by atoms with van der Waals surface area (Å²) in [5.74, 6) is 0.546. The predicted octanol–water partition coefficient (Wildman–Crippen LogP) is 1.51. The highest BCUT2D eigenvalue weighted by Gasteiger charge is 2.38. The fraction of sp³-hybridized carbons (Fsp3) is 0.562. The molecule has 21 heavy (non-hydrogen) atoms. The van der Waals surface area contributed by atoms with Crippen LogP contribution in [0, 0.1) is 17.7 Å². The molecule has 1 aliphatic heterocycles. The molecule has 0 radical (unpaired) electrons. The molecule has 1 heterocycles. The van der Waals surface area contributed by atoms with Crippen LogP contribution >= 0.6 is 0 Å². The van der Waals surface area contributed by atoms with E-state index in [2.05, 4.69) is 22.5 Å². The van der Waals surface area contributed by atoms with E-state index in [-0.39, 0.29) is 17.6 Å². The molecule has 1 aliphatic carbocycles. The molecule has 1 aromatic rings. The van der Waals surface area contributed by atoms with Crippen LogP contribution < -0.4 is 15.5 Å². The van der Waals surface area contributed by atoms with Crippen molar-refractivity contribution in [2.45, 2.75) is 19.9 Å². The van der Waals surface area contributed by atoms with E-state index in [9.17, 15) is 9.18 Å². The van der Waals surface area contributed by atoms with E-state index in [1.165, 1.54) is 6.07 Å². The van der Waals surface area contributed by atoms with Gasteiger partial charge in [-0.15, -0.1) is 0 Å². The van der Waals surface area contributed by atoms with Gasteiger partial charge in [0.1, 0.15) is 5.82 Å². The maximum Gasteiger partial charge on any atom is 0.223 e. The van der Waals surface area contributed by atoms with Gasteiger partial charge in [0.25, 0.3) is 0 Å². The highest BCUT2D eigenvalue weighted by molar-refractivity contribution is 5.81. The molecule has 2 fully saturated rings. The third-order valence-electron chi connectivity index (χ3n) is 4.38. The summed E-state index contributed by atoms with van der Waals surface area (Å²) in [6.45, 7) is 5.90. The van der Waals surface area contributed by atoms with Gasteiger partial charge < -0.3 is 15.5 Å². The Morgan fingerprint density at radius 1 is 1.43 bits per heavy atom. The largest absolute Gasteiger partial charge is 0.367 e. The lowest BCUT2D eigenvalue weighted by molar-refractivity contribution is -0.122. The van der Waals surface area contributed by atoms with Crippen LogP contribution in [0.15, 0.2) is 18.2 Å². The SMILES string of the molecule is CC1CC1C(=O)NCc1ccc(N2CCNCC2)c(F)c1. The quantitative estimate of drug-likeness (QED) is 0.884. The Balaban J connectivity index is 1.59. The number of rotatable bonds is 4. The van der Waals surface area contributed by atoms with Gasteiger partial charge in [-0.1, -0.05) is 13.0 Å². The van der Waals surface area contributed by atoms with Crippen molar-refractivity contribution in [2.24, 2.45) is 11.8 Å². The fourth-order valence-electron chi connectivity index (χ4n) is 2.83. The first-order chi connectivity index (χ1) is 10.1. The van der Waals surface area contributed by atoms with E-state index in [1.807, 2.05) is 12.1 Å². The number of hydrogen-bond acceptors (Lipinski definition) is 3. The molecule has 2 N–H and O–H groups in total. The monoisotopic (exact) mass is 291 g/mol. The molecule has 0 aromatic heterocycles. The molecule has 114 valence electrons. The van der Waals surface area contributed by atoms with Crippen LogP contribution in [0.3, 0.4) is 0 Å². The zero-order chi connectivity index (χ0) is 14.8. The summed E-state index contributed by atoms with van der Waals surface area (Å²) in [7, 11) is 0. The molecular formula is C16H22FN3O. The number of piperazine rings is 1. The van der Waals surface area contributed by atoms with Gasteiger partial charge in [-0.05, 0) is 30.0 Å². The molecule has 2 unspecified atom stereocenters. The average Bonchev–Trinajstić information content (AvgIpc) is 3.23. The zero-order valence-electron chi connectivity index (χ0n) is 12.4. The van der Waals surface area contributed by atoms with Crippen LogP contribution in [0.4, 0.5) is 10.1 Å². The Morgan fingerprint density at radius 2 is 2.14 bits per heavy atom. The van der Waals surface area contributed by atoms with Crippen molar-refractivity contribution >= 4 is 11.6 Å². The lowest BCUT2D eigenvalue weighted by atomic mass is 10.1. The third-order valence-corrected chi connectivity index (χ3v) is 4.38. The van der Waals surface area contributed by atoms with Crippen molar-refractivity contribution in [3.05, 3.63) is 29.6 Å². The van der Waals surface area contributed by atoms with Crippen molar-refractivity contribution in [2.75, 3.05) is 31.1 Å². The molecule has 1 amide bonds. The molecule has 1 saturated heterocycles. The van der Waals surface area contributed by atoms with Crippen molar-refractivity contribution in [3.8, 4) is 0 Å². The lowest BCUT2D eigenvalue weighted by Crippen LogP contribution is -2.43. The third kappa shape index (κ3) is 3.35. The molecule has 5 heteroatoms. The number of nitrogens with one attached hydrogen (secondary N) is 2. The second-order valence-corrected chi connectivity index (χ2v) is 6.06. The summed E-state index contributed by atoms with van der Waals surface area (Å²) in [6, 6.07) is 5.26. The van der Waals surface area contributed by atoms with E-state index < -0.39 is 0 Å². The summed E-state index contributed by atoms with van der Waals surface area (Å²) < 4.78 is 14.2. The standard InChI is InChI=1S/C16H22FN3O/c1-11-8-13(11)16(21)19-10-12-2-3-15(14(17)9-12)20-6-4-18-5-7-20/h2-3,9,11,13,18H,4-8,10H2,1H3,(H,19,21). The first-order valence-electron chi connectivity index (χ1n) is 7.67. The van der Waals surface area contributed by atoms with E-state index in [1.54, 1.807) is 0 Å². The Kier molecular flexibility index (Phi) is 4.10. The normalized spacial score (nSPS) is 24.8. The highest BCUT2D eigenvalue weighted by atomic mass is 19.1. The Hall–Kier alpha value is -1.62. The second-order valence-electron chi connectivity index (χ2n) is 6.06. The minimum atomic E-state index is -0.205. The van der Waals surface area contributed by atoms with Gasteiger partial charge in [0.2, 0.25) is 5.91 Å². The summed E-state index contributed by atoms with van der Waals surface area (Å²) >= 11 is 0. The van der Waals surface area contributed by atoms with Gasteiger partial charge in [-0.3, -0.25) is 4.79 Å². The lowest BCUT2D eigenvalue weighted by Gasteiger charge is -2.29. The predicted molar refractivity (Wildman–Crippen MR) is 80.6 cm³/mol. The van der Waals surface area contributed by atoms with Gasteiger partial charge in [-0.25, -0.2) is 4.39 Å². The van der Waals surface area contributed by atoms with Gasteiger partial charge >= 0.3 is 0 Å². The molecule has 0 spiro atoms. The number of benzene rings is 1. The van der Waals surface area contributed by atoms with E-state index in [0.29, 0.717) is 18.2 Å². The van der Waals surface area contributed by atoms with Crippen LogP contribution in [0.25, 0.3) is 0 Å². The number of nitrogens with zero attached hydrogens (tertiary/aromatic N) is 1. The molecule has 3 rings (SSSR count). The summed E-state index contributed by atoms with van der Waals surface area (Å²) in [5.41, 5.74) is 1.47. The molecule has 2 atom stereocenters. The topological polar surface area (TPSA) is 44.4 Å². The zero-order valence-corrected chi connectivity index (χ0v) is 12.4. The van der Waals surface area contributed by atoms with Gasteiger partial charge in [-0.2, -0.15) is 0 Å². The molecule has 1 aromatic carbocycles. The van der Waals surface area contributed by atoms with Gasteiger partial charge in [0.05, 0.1) is 5.69 Å². The van der Waals surface area contributed by atoms with Crippen molar-refractivity contribution in [1.82, 2.24) is 10.6 Å². The molecule has 2 aliphatic rings. The van der Waals surface area contributed by atoms with Crippen LogP contribution in [0.5, 0.6) is 0 Å². The van der Waals surface area contributed by atoms with E-state index in [4.69, 9.17) is 0 Å². The smallest absolute Gasteiger partial charge is 0.223 e. The molecule has 1 saturated carbocycles. The number of halogens is 1. The van der Waals surface area contributed by atoms with Gasteiger partial charge in [0.15, 0.2) is 0 Å². The Labute approximate surface area is 124 Å². The first kappa shape index (κ1) is 14.3. The molecule has 0 bridgehead atoms. The molecular weight excluding hydrogens is 269 g/mol. The van der Waals surface area contributed by atoms with Crippen LogP contribution in [-0.4, -0.2) is 32.1 Å². The summed E-state index contributed by atoms with van der Waals surface area (Å²) in [6.07, 6.45) is 0.974. The maximum atomic E-state index is 14.2. The average molecular weight is 291 g/mol. The van der Waals surface area contributed by atoms with Crippen molar-refractivity contribution < 1.29 is 9.18 Å². The van der Waals surface area contributed by atoms with Crippen LogP contribution in [-0.2, 0) is 11.3 Å². The van der Waals surface area contributed by atoms with Crippen molar-refractivity contribution in [3.63, 3.8) is 0 Å². The minimum Gasteiger partial charge on any atom is -0.367 e. The second kappa shape index (κ2) is 6.02. The number of hydrogen-bond donors (Lipinski definition) is 2. The van der Waals surface area contributed by atoms with Crippen molar-refractivity contribution in [1.29, 1.82) is 0 Å². The minimum absolute atomic E-state index is 0.0917. The Bertz CT molecular complexity index is 528. The highest BCUT2D eigenvalue weighted by Crippen LogP contribution is 2.37. The maximum absolute atomic E-state index is 14.2. The number of carbonyl (C=O) groups is 1. The van der Waals surface area contributed by atoms with E-state index >= 15 is 0 Å². The fourth-order valence-corrected chi connectivity index (χ4v) is 2.83. The molecule has 4 nitrogen and oxygen atoms in total. The van der Waals surface area contributed by atoms with Crippen LogP contribution in [0.2, 0.25) is 0 Å². The summed E-state index contributed by atoms with van der Waals surface area (Å²) in [4.78, 5) is 13.8. The number of carbonyl (C=O) groups excluding carboxylic acids is 1. The van der Waals surface area contributed by atoms with E-state index in [0.717, 1.165) is 38.2 Å². The summed E-state index contributed by atoms with van der Waals surface area (Å²) in [5, 5.41) is 6.14. The van der Waals surface area contributed by atoms with Crippen LogP contribution in [0.1, 0.15) is 18.9 Å². The number of anilines is 1. The number of amides is 1. The first-order valence-corrected chi connectivity index (χ1v) is 7.67.